The average molecular weight is 506 g/mol. The minimum atomic E-state index is -0.215. The highest BCUT2D eigenvalue weighted by Crippen LogP contribution is 2.36. The summed E-state index contributed by atoms with van der Waals surface area (Å²) in [5, 5.41) is 0.977. The van der Waals surface area contributed by atoms with E-state index < -0.39 is 0 Å². The van der Waals surface area contributed by atoms with Crippen molar-refractivity contribution in [1.82, 2.24) is 9.97 Å². The normalized spacial score (nSPS) is 13.1. The van der Waals surface area contributed by atoms with Crippen LogP contribution in [0, 0.1) is 6.92 Å². The van der Waals surface area contributed by atoms with E-state index in [0.717, 1.165) is 22.4 Å². The van der Waals surface area contributed by atoms with Crippen LogP contribution in [0.1, 0.15) is 28.6 Å². The van der Waals surface area contributed by atoms with Crippen molar-refractivity contribution in [3.63, 3.8) is 0 Å². The standard InChI is InChI=1S/C26H23N3O4S2/c1-3-11-29-18-12-17(9-10-20(18)33-13-21(29)31)19(30)14-34-26-27-24(32)23-22(15(2)35-25(23)28-26)16-7-5-4-6-8-16/h4-10,12H,3,11,13-14H2,1-2H3,(H,27,28,32). The summed E-state index contributed by atoms with van der Waals surface area (Å²) in [6.07, 6.45) is 0.800. The highest BCUT2D eigenvalue weighted by Gasteiger charge is 2.26. The van der Waals surface area contributed by atoms with E-state index in [1.807, 2.05) is 44.2 Å². The Labute approximate surface area is 210 Å². The Morgan fingerprint density at radius 3 is 2.77 bits per heavy atom. The summed E-state index contributed by atoms with van der Waals surface area (Å²) in [7, 11) is 0. The van der Waals surface area contributed by atoms with Crippen LogP contribution in [-0.2, 0) is 4.79 Å². The summed E-state index contributed by atoms with van der Waals surface area (Å²) in [4.78, 5) is 49.0. The van der Waals surface area contributed by atoms with Gasteiger partial charge in [0.05, 0.1) is 16.8 Å². The van der Waals surface area contributed by atoms with Gasteiger partial charge in [-0.1, -0.05) is 49.0 Å². The lowest BCUT2D eigenvalue weighted by Gasteiger charge is -2.29. The molecule has 0 fully saturated rings. The Morgan fingerprint density at radius 2 is 2.00 bits per heavy atom. The molecule has 0 bridgehead atoms. The van der Waals surface area contributed by atoms with Crippen LogP contribution < -0.4 is 15.2 Å². The van der Waals surface area contributed by atoms with Crippen molar-refractivity contribution in [2.45, 2.75) is 25.4 Å². The molecule has 1 N–H and O–H groups in total. The molecule has 4 aromatic rings. The molecule has 35 heavy (non-hydrogen) atoms. The fourth-order valence-corrected chi connectivity index (χ4v) is 6.04. The van der Waals surface area contributed by atoms with Gasteiger partial charge in [0.1, 0.15) is 10.6 Å². The van der Waals surface area contributed by atoms with Crippen LogP contribution in [0.5, 0.6) is 5.75 Å². The number of hydrogen-bond donors (Lipinski definition) is 1. The first kappa shape index (κ1) is 23.3. The third-order valence-electron chi connectivity index (χ3n) is 5.79. The molecule has 0 unspecified atom stereocenters. The number of nitrogens with one attached hydrogen (secondary N) is 1. The van der Waals surface area contributed by atoms with Crippen LogP contribution in [0.15, 0.2) is 58.5 Å². The number of hydrogen-bond acceptors (Lipinski definition) is 7. The summed E-state index contributed by atoms with van der Waals surface area (Å²) in [6.45, 7) is 4.55. The molecule has 1 aliphatic rings. The number of aryl methyl sites for hydroxylation is 1. The number of carbonyl (C=O) groups excluding carboxylic acids is 2. The van der Waals surface area contributed by atoms with Crippen LogP contribution in [-0.4, -0.2) is 40.6 Å². The molecule has 3 heterocycles. The fraction of sp³-hybridized carbons (Fsp3) is 0.231. The molecule has 2 aromatic carbocycles. The van der Waals surface area contributed by atoms with E-state index in [-0.39, 0.29) is 29.6 Å². The lowest BCUT2D eigenvalue weighted by atomic mass is 10.0. The molecule has 0 saturated heterocycles. The highest BCUT2D eigenvalue weighted by atomic mass is 32.2. The number of anilines is 1. The molecular weight excluding hydrogens is 482 g/mol. The predicted molar refractivity (Wildman–Crippen MR) is 140 cm³/mol. The van der Waals surface area contributed by atoms with Gasteiger partial charge in [0, 0.05) is 22.5 Å². The summed E-state index contributed by atoms with van der Waals surface area (Å²) in [5.74, 6) is 0.462. The number of rotatable bonds is 7. The van der Waals surface area contributed by atoms with Crippen LogP contribution >= 0.6 is 23.1 Å². The summed E-state index contributed by atoms with van der Waals surface area (Å²) in [5.41, 5.74) is 2.76. The van der Waals surface area contributed by atoms with Gasteiger partial charge in [-0.05, 0) is 37.1 Å². The number of carbonyl (C=O) groups is 2. The Hall–Kier alpha value is -3.43. The lowest BCUT2D eigenvalue weighted by molar-refractivity contribution is -0.121. The van der Waals surface area contributed by atoms with Crippen molar-refractivity contribution in [3.05, 3.63) is 69.3 Å². The largest absolute Gasteiger partial charge is 0.482 e. The van der Waals surface area contributed by atoms with Crippen LogP contribution in [0.4, 0.5) is 5.69 Å². The molecule has 2 aromatic heterocycles. The fourth-order valence-electron chi connectivity index (χ4n) is 4.18. The Balaban J connectivity index is 1.38. The minimum absolute atomic E-state index is 0.00579. The molecule has 0 saturated carbocycles. The monoisotopic (exact) mass is 505 g/mol. The second-order valence-corrected chi connectivity index (χ2v) is 10.3. The number of ketones is 1. The Bertz CT molecular complexity index is 1490. The van der Waals surface area contributed by atoms with Gasteiger partial charge in [-0.15, -0.1) is 11.3 Å². The molecule has 1 aliphatic heterocycles. The van der Waals surface area contributed by atoms with E-state index in [4.69, 9.17) is 4.74 Å². The zero-order valence-electron chi connectivity index (χ0n) is 19.3. The minimum Gasteiger partial charge on any atom is -0.482 e. The van der Waals surface area contributed by atoms with Crippen molar-refractivity contribution in [3.8, 4) is 16.9 Å². The molecule has 0 radical (unpaired) electrons. The quantitative estimate of drug-likeness (QED) is 0.214. The maximum atomic E-state index is 13.0. The topological polar surface area (TPSA) is 92.4 Å². The predicted octanol–water partition coefficient (Wildman–Crippen LogP) is 5.07. The molecular formula is C26H23N3O4S2. The van der Waals surface area contributed by atoms with Gasteiger partial charge in [-0.3, -0.25) is 14.4 Å². The Kier molecular flexibility index (Phi) is 6.44. The van der Waals surface area contributed by atoms with Gasteiger partial charge < -0.3 is 14.6 Å². The number of aromatic amines is 1. The second kappa shape index (κ2) is 9.67. The molecule has 178 valence electrons. The smallest absolute Gasteiger partial charge is 0.265 e. The van der Waals surface area contributed by atoms with Gasteiger partial charge in [-0.2, -0.15) is 0 Å². The van der Waals surface area contributed by atoms with Gasteiger partial charge in [-0.25, -0.2) is 4.98 Å². The Morgan fingerprint density at radius 1 is 1.20 bits per heavy atom. The first-order valence-corrected chi connectivity index (χ1v) is 13.1. The SMILES string of the molecule is CCCN1C(=O)COc2ccc(C(=O)CSc3nc4sc(C)c(-c5ccccc5)c4c(=O)[nH]3)cc21. The lowest BCUT2D eigenvalue weighted by Crippen LogP contribution is -2.39. The number of nitrogens with zero attached hydrogens (tertiary/aromatic N) is 2. The molecule has 1 amide bonds. The number of ether oxygens (including phenoxy) is 1. The number of aromatic nitrogens is 2. The van der Waals surface area contributed by atoms with E-state index in [2.05, 4.69) is 9.97 Å². The number of benzene rings is 2. The van der Waals surface area contributed by atoms with E-state index >= 15 is 0 Å². The van der Waals surface area contributed by atoms with Gasteiger partial charge in [0.15, 0.2) is 17.5 Å². The molecule has 0 atom stereocenters. The second-order valence-electron chi connectivity index (χ2n) is 8.18. The highest BCUT2D eigenvalue weighted by molar-refractivity contribution is 7.99. The number of thioether (sulfide) groups is 1. The van der Waals surface area contributed by atoms with E-state index in [1.165, 1.54) is 23.1 Å². The number of fused-ring (bicyclic) bond motifs is 2. The van der Waals surface area contributed by atoms with Crippen LogP contribution in [0.25, 0.3) is 21.3 Å². The molecule has 0 spiro atoms. The van der Waals surface area contributed by atoms with Gasteiger partial charge in [0.2, 0.25) is 0 Å². The van der Waals surface area contributed by atoms with Crippen LogP contribution in [0.3, 0.4) is 0 Å². The molecule has 5 rings (SSSR count). The number of amides is 1. The molecule has 0 aliphatic carbocycles. The third-order valence-corrected chi connectivity index (χ3v) is 7.66. The molecule has 9 heteroatoms. The average Bonchev–Trinajstić information content (AvgIpc) is 3.20. The number of thiophene rings is 1. The van der Waals surface area contributed by atoms with E-state index in [9.17, 15) is 14.4 Å². The van der Waals surface area contributed by atoms with Crippen molar-refractivity contribution in [2.75, 3.05) is 23.8 Å². The first-order chi connectivity index (χ1) is 17.0. The molecule has 7 nitrogen and oxygen atoms in total. The summed E-state index contributed by atoms with van der Waals surface area (Å²) in [6, 6.07) is 14.9. The van der Waals surface area contributed by atoms with Crippen molar-refractivity contribution < 1.29 is 14.3 Å². The van der Waals surface area contributed by atoms with Crippen molar-refractivity contribution in [1.29, 1.82) is 0 Å². The zero-order chi connectivity index (χ0) is 24.5. The third kappa shape index (κ3) is 4.49. The van der Waals surface area contributed by atoms with Crippen molar-refractivity contribution >= 4 is 50.7 Å². The maximum absolute atomic E-state index is 13.0. The zero-order valence-corrected chi connectivity index (χ0v) is 20.9. The van der Waals surface area contributed by atoms with Crippen molar-refractivity contribution in [2.24, 2.45) is 0 Å². The van der Waals surface area contributed by atoms with E-state index in [0.29, 0.717) is 38.9 Å². The summed E-state index contributed by atoms with van der Waals surface area (Å²) < 4.78 is 5.52. The summed E-state index contributed by atoms with van der Waals surface area (Å²) >= 11 is 2.66. The maximum Gasteiger partial charge on any atom is 0.265 e. The van der Waals surface area contributed by atoms with Crippen LogP contribution in [0.2, 0.25) is 0 Å². The van der Waals surface area contributed by atoms with E-state index in [1.54, 1.807) is 23.1 Å². The first-order valence-electron chi connectivity index (χ1n) is 11.3. The number of H-pyrrole nitrogens is 1. The van der Waals surface area contributed by atoms with Gasteiger partial charge >= 0.3 is 0 Å². The number of Topliss-reactive ketones (excluding diaryl/α,β-unsaturated/α-hetero) is 1. The van der Waals surface area contributed by atoms with Gasteiger partial charge in [0.25, 0.3) is 11.5 Å².